The second kappa shape index (κ2) is 4.12. The fraction of sp³-hybridized carbons (Fsp3) is 0.583. The number of hydrogen-bond acceptors (Lipinski definition) is 2. The van der Waals surface area contributed by atoms with Crippen LogP contribution >= 0.6 is 15.9 Å². The van der Waals surface area contributed by atoms with Crippen LogP contribution in [-0.2, 0) is 0 Å². The van der Waals surface area contributed by atoms with E-state index in [-0.39, 0.29) is 0 Å². The molecule has 1 aromatic heterocycles. The lowest BCUT2D eigenvalue weighted by Gasteiger charge is -2.19. The zero-order chi connectivity index (χ0) is 11.0. The van der Waals surface area contributed by atoms with Crippen molar-refractivity contribution in [3.05, 3.63) is 23.4 Å². The Bertz CT molecular complexity index is 365. The van der Waals surface area contributed by atoms with E-state index in [9.17, 15) is 0 Å². The summed E-state index contributed by atoms with van der Waals surface area (Å²) in [5.74, 6) is 1.93. The summed E-state index contributed by atoms with van der Waals surface area (Å²) >= 11 is 3.72. The number of nitrogen functional groups attached to an aromatic ring is 1. The second-order valence-corrected chi connectivity index (χ2v) is 5.72. The van der Waals surface area contributed by atoms with Crippen LogP contribution < -0.4 is 5.73 Å². The summed E-state index contributed by atoms with van der Waals surface area (Å²) in [4.78, 5) is 4.87. The fourth-order valence-corrected chi connectivity index (χ4v) is 3.09. The van der Waals surface area contributed by atoms with E-state index in [4.69, 9.17) is 5.73 Å². The van der Waals surface area contributed by atoms with Crippen LogP contribution in [0.4, 0.5) is 5.82 Å². The number of halogens is 1. The highest BCUT2D eigenvalue weighted by Crippen LogP contribution is 2.44. The van der Waals surface area contributed by atoms with Gasteiger partial charge >= 0.3 is 0 Å². The Kier molecular flexibility index (Phi) is 3.01. The van der Waals surface area contributed by atoms with Gasteiger partial charge in [-0.15, -0.1) is 0 Å². The maximum Gasteiger partial charge on any atom is 0.126 e. The van der Waals surface area contributed by atoms with E-state index in [1.165, 1.54) is 24.0 Å². The van der Waals surface area contributed by atoms with Crippen molar-refractivity contribution in [2.24, 2.45) is 5.92 Å². The van der Waals surface area contributed by atoms with Crippen molar-refractivity contribution in [3.63, 3.8) is 0 Å². The summed E-state index contributed by atoms with van der Waals surface area (Å²) in [6.45, 7) is 4.36. The van der Waals surface area contributed by atoms with E-state index in [1.807, 2.05) is 6.20 Å². The number of alkyl halides is 1. The maximum atomic E-state index is 5.95. The zero-order valence-electron chi connectivity index (χ0n) is 9.20. The first kappa shape index (κ1) is 10.9. The van der Waals surface area contributed by atoms with Gasteiger partial charge in [0.25, 0.3) is 0 Å². The average molecular weight is 269 g/mol. The van der Waals surface area contributed by atoms with E-state index in [2.05, 4.69) is 40.8 Å². The van der Waals surface area contributed by atoms with E-state index in [1.54, 1.807) is 0 Å². The van der Waals surface area contributed by atoms with E-state index in [0.717, 1.165) is 0 Å². The first-order valence-electron chi connectivity index (χ1n) is 5.45. The number of rotatable bonds is 1. The third-order valence-electron chi connectivity index (χ3n) is 3.44. The van der Waals surface area contributed by atoms with Gasteiger partial charge in [0.05, 0.1) is 0 Å². The minimum absolute atomic E-state index is 0.571. The molecule has 1 fully saturated rings. The Balaban J connectivity index is 2.33. The Morgan fingerprint density at radius 2 is 2.20 bits per heavy atom. The molecule has 1 aromatic rings. The van der Waals surface area contributed by atoms with E-state index >= 15 is 0 Å². The van der Waals surface area contributed by atoms with Gasteiger partial charge in [-0.1, -0.05) is 28.9 Å². The predicted octanol–water partition coefficient (Wildman–Crippen LogP) is 3.25. The van der Waals surface area contributed by atoms with Crippen molar-refractivity contribution in [2.75, 3.05) is 5.73 Å². The van der Waals surface area contributed by atoms with Crippen LogP contribution in [0.15, 0.2) is 12.3 Å². The number of anilines is 1. The molecule has 3 atom stereocenters. The highest BCUT2D eigenvalue weighted by atomic mass is 79.9. The molecule has 3 unspecified atom stereocenters. The molecule has 0 amide bonds. The lowest BCUT2D eigenvalue weighted by molar-refractivity contribution is 0.544. The molecular formula is C12H17BrN2. The summed E-state index contributed by atoms with van der Waals surface area (Å²) < 4.78 is 0. The summed E-state index contributed by atoms with van der Waals surface area (Å²) in [5.41, 5.74) is 8.39. The molecule has 0 bridgehead atoms. The largest absolute Gasteiger partial charge is 0.383 e. The van der Waals surface area contributed by atoms with E-state index < -0.39 is 0 Å². The summed E-state index contributed by atoms with van der Waals surface area (Å²) in [6.07, 6.45) is 4.29. The van der Waals surface area contributed by atoms with Crippen LogP contribution in [0.2, 0.25) is 0 Å². The first-order chi connectivity index (χ1) is 7.09. The monoisotopic (exact) mass is 268 g/mol. The fourth-order valence-electron chi connectivity index (χ4n) is 2.45. The molecule has 1 aliphatic carbocycles. The number of hydrogen-bond donors (Lipinski definition) is 1. The van der Waals surface area contributed by atoms with Crippen LogP contribution in [0.1, 0.15) is 36.8 Å². The molecule has 0 saturated heterocycles. The van der Waals surface area contributed by atoms with Crippen molar-refractivity contribution in [1.29, 1.82) is 0 Å². The molecule has 2 rings (SSSR count). The van der Waals surface area contributed by atoms with Gasteiger partial charge in [0.15, 0.2) is 0 Å². The summed E-state index contributed by atoms with van der Waals surface area (Å²) in [7, 11) is 0. The van der Waals surface area contributed by atoms with Gasteiger partial charge in [-0.05, 0) is 42.7 Å². The van der Waals surface area contributed by atoms with Crippen molar-refractivity contribution in [2.45, 2.75) is 37.4 Å². The molecule has 0 radical (unpaired) electrons. The smallest absolute Gasteiger partial charge is 0.126 e. The van der Waals surface area contributed by atoms with Crippen LogP contribution in [0, 0.1) is 12.8 Å². The quantitative estimate of drug-likeness (QED) is 0.795. The number of pyridine rings is 1. The minimum Gasteiger partial charge on any atom is -0.383 e. The van der Waals surface area contributed by atoms with Crippen LogP contribution in [0.5, 0.6) is 0 Å². The SMILES string of the molecule is Cc1cnc(N)c(C2CCC(Br)C2C)c1. The predicted molar refractivity (Wildman–Crippen MR) is 67.2 cm³/mol. The standard InChI is InChI=1S/C12H17BrN2/c1-7-5-10(12(14)15-6-7)9-3-4-11(13)8(9)2/h5-6,8-9,11H,3-4H2,1-2H3,(H2,14,15). The first-order valence-corrected chi connectivity index (χ1v) is 6.37. The lowest BCUT2D eigenvalue weighted by Crippen LogP contribution is -2.11. The Labute approximate surface area is 99.4 Å². The molecule has 2 N–H and O–H groups in total. The Morgan fingerprint density at radius 1 is 1.47 bits per heavy atom. The van der Waals surface area contributed by atoms with Gasteiger partial charge in [-0.25, -0.2) is 4.98 Å². The molecule has 1 saturated carbocycles. The van der Waals surface area contributed by atoms with Gasteiger partial charge in [-0.3, -0.25) is 0 Å². The minimum atomic E-state index is 0.571. The average Bonchev–Trinajstić information content (AvgIpc) is 2.52. The molecule has 0 aromatic carbocycles. The van der Waals surface area contributed by atoms with E-state index in [0.29, 0.717) is 22.5 Å². The molecule has 15 heavy (non-hydrogen) atoms. The number of aromatic nitrogens is 1. The molecule has 3 heteroatoms. The third kappa shape index (κ3) is 2.03. The lowest BCUT2D eigenvalue weighted by atomic mass is 9.90. The summed E-state index contributed by atoms with van der Waals surface area (Å²) in [6, 6.07) is 2.19. The summed E-state index contributed by atoms with van der Waals surface area (Å²) in [5, 5.41) is 0. The Morgan fingerprint density at radius 3 is 2.80 bits per heavy atom. The third-order valence-corrected chi connectivity index (χ3v) is 4.74. The number of nitrogens with zero attached hydrogens (tertiary/aromatic N) is 1. The van der Waals surface area contributed by atoms with Crippen molar-refractivity contribution >= 4 is 21.7 Å². The molecular weight excluding hydrogens is 252 g/mol. The molecule has 1 aliphatic rings. The number of nitrogens with two attached hydrogens (primary N) is 1. The second-order valence-electron chi connectivity index (χ2n) is 4.55. The molecule has 0 spiro atoms. The van der Waals surface area contributed by atoms with Gasteiger partial charge < -0.3 is 5.73 Å². The van der Waals surface area contributed by atoms with Crippen molar-refractivity contribution in [3.8, 4) is 0 Å². The van der Waals surface area contributed by atoms with Crippen molar-refractivity contribution in [1.82, 2.24) is 4.98 Å². The zero-order valence-corrected chi connectivity index (χ0v) is 10.8. The van der Waals surface area contributed by atoms with Crippen LogP contribution in [0.3, 0.4) is 0 Å². The highest BCUT2D eigenvalue weighted by molar-refractivity contribution is 9.09. The van der Waals surface area contributed by atoms with Gasteiger partial charge in [0.1, 0.15) is 5.82 Å². The topological polar surface area (TPSA) is 38.9 Å². The van der Waals surface area contributed by atoms with Gasteiger partial charge in [-0.2, -0.15) is 0 Å². The molecule has 2 nitrogen and oxygen atoms in total. The maximum absolute atomic E-state index is 5.95. The van der Waals surface area contributed by atoms with Gasteiger partial charge in [0, 0.05) is 11.0 Å². The van der Waals surface area contributed by atoms with Crippen LogP contribution in [-0.4, -0.2) is 9.81 Å². The normalized spacial score (nSPS) is 30.7. The van der Waals surface area contributed by atoms with Gasteiger partial charge in [0.2, 0.25) is 0 Å². The number of aryl methyl sites for hydroxylation is 1. The highest BCUT2D eigenvalue weighted by Gasteiger charge is 2.33. The molecule has 82 valence electrons. The Hall–Kier alpha value is -0.570. The van der Waals surface area contributed by atoms with Crippen LogP contribution in [0.25, 0.3) is 0 Å². The molecule has 0 aliphatic heterocycles. The molecule has 1 heterocycles. The van der Waals surface area contributed by atoms with Crippen molar-refractivity contribution < 1.29 is 0 Å².